The van der Waals surface area contributed by atoms with Crippen LogP contribution in [0.25, 0.3) is 0 Å². The molecule has 2 N–H and O–H groups in total. The standard InChI is InChI=1S/C13H26N2/c1-10-3-5-15(6-4-10)9-12-8-13(14)7-11(12)2/h10-13H,3-9,14H2,1-2H3/t11-,12+,13+/m0/s1. The van der Waals surface area contributed by atoms with E-state index in [1.165, 1.54) is 45.3 Å². The van der Waals surface area contributed by atoms with Crippen LogP contribution in [0.15, 0.2) is 0 Å². The third-order valence-corrected chi connectivity index (χ3v) is 4.45. The minimum Gasteiger partial charge on any atom is -0.328 e. The fraction of sp³-hybridized carbons (Fsp3) is 1.00. The molecule has 3 atom stereocenters. The van der Waals surface area contributed by atoms with Gasteiger partial charge in [-0.1, -0.05) is 13.8 Å². The Labute approximate surface area is 94.2 Å². The first-order valence-electron chi connectivity index (χ1n) is 6.63. The van der Waals surface area contributed by atoms with Crippen molar-refractivity contribution < 1.29 is 0 Å². The predicted molar refractivity (Wildman–Crippen MR) is 64.7 cm³/mol. The van der Waals surface area contributed by atoms with Gasteiger partial charge in [-0.15, -0.1) is 0 Å². The van der Waals surface area contributed by atoms with Gasteiger partial charge in [-0.05, 0) is 56.5 Å². The number of likely N-dealkylation sites (tertiary alicyclic amines) is 1. The van der Waals surface area contributed by atoms with Gasteiger partial charge in [-0.2, -0.15) is 0 Å². The van der Waals surface area contributed by atoms with Crippen molar-refractivity contribution >= 4 is 0 Å². The highest BCUT2D eigenvalue weighted by Crippen LogP contribution is 2.32. The van der Waals surface area contributed by atoms with Crippen LogP contribution < -0.4 is 5.73 Å². The quantitative estimate of drug-likeness (QED) is 0.756. The van der Waals surface area contributed by atoms with Gasteiger partial charge in [0.2, 0.25) is 0 Å². The first-order valence-corrected chi connectivity index (χ1v) is 6.63. The largest absolute Gasteiger partial charge is 0.328 e. The maximum absolute atomic E-state index is 6.02. The van der Waals surface area contributed by atoms with Crippen LogP contribution in [0.5, 0.6) is 0 Å². The number of rotatable bonds is 2. The fourth-order valence-electron chi connectivity index (χ4n) is 3.22. The van der Waals surface area contributed by atoms with Crippen molar-refractivity contribution in [2.45, 2.75) is 45.6 Å². The van der Waals surface area contributed by atoms with Crippen molar-refractivity contribution in [3.63, 3.8) is 0 Å². The van der Waals surface area contributed by atoms with E-state index in [4.69, 9.17) is 5.73 Å². The molecule has 1 heterocycles. The Bertz CT molecular complexity index is 197. The molecule has 2 aliphatic rings. The Balaban J connectivity index is 1.77. The highest BCUT2D eigenvalue weighted by Gasteiger charge is 2.30. The Morgan fingerprint density at radius 1 is 1.13 bits per heavy atom. The van der Waals surface area contributed by atoms with E-state index in [2.05, 4.69) is 18.7 Å². The molecular formula is C13H26N2. The van der Waals surface area contributed by atoms with Crippen molar-refractivity contribution in [3.8, 4) is 0 Å². The lowest BCUT2D eigenvalue weighted by Gasteiger charge is -2.33. The molecule has 15 heavy (non-hydrogen) atoms. The minimum absolute atomic E-state index is 0.480. The van der Waals surface area contributed by atoms with Gasteiger partial charge in [0.25, 0.3) is 0 Å². The Morgan fingerprint density at radius 3 is 2.33 bits per heavy atom. The zero-order chi connectivity index (χ0) is 10.8. The van der Waals surface area contributed by atoms with Crippen LogP contribution >= 0.6 is 0 Å². The van der Waals surface area contributed by atoms with Crippen molar-refractivity contribution in [1.29, 1.82) is 0 Å². The summed E-state index contributed by atoms with van der Waals surface area (Å²) in [6.45, 7) is 8.70. The third kappa shape index (κ3) is 2.94. The summed E-state index contributed by atoms with van der Waals surface area (Å²) in [7, 11) is 0. The second kappa shape index (κ2) is 4.84. The zero-order valence-electron chi connectivity index (χ0n) is 10.3. The van der Waals surface area contributed by atoms with Gasteiger partial charge < -0.3 is 10.6 Å². The van der Waals surface area contributed by atoms with E-state index in [-0.39, 0.29) is 0 Å². The first kappa shape index (κ1) is 11.4. The lowest BCUT2D eigenvalue weighted by atomic mass is 9.94. The summed E-state index contributed by atoms with van der Waals surface area (Å²) >= 11 is 0. The van der Waals surface area contributed by atoms with Crippen LogP contribution in [0.4, 0.5) is 0 Å². The highest BCUT2D eigenvalue weighted by molar-refractivity contribution is 4.85. The summed E-state index contributed by atoms with van der Waals surface area (Å²) in [5.74, 6) is 2.66. The first-order chi connectivity index (χ1) is 7.15. The summed E-state index contributed by atoms with van der Waals surface area (Å²) in [6.07, 6.45) is 5.29. The van der Waals surface area contributed by atoms with Gasteiger partial charge in [-0.3, -0.25) is 0 Å². The second-order valence-corrected chi connectivity index (χ2v) is 5.95. The van der Waals surface area contributed by atoms with E-state index < -0.39 is 0 Å². The van der Waals surface area contributed by atoms with Crippen LogP contribution in [0, 0.1) is 17.8 Å². The SMILES string of the molecule is CC1CCN(C[C@H]2C[C@H](N)C[C@@H]2C)CC1. The molecule has 0 radical (unpaired) electrons. The zero-order valence-corrected chi connectivity index (χ0v) is 10.3. The molecule has 2 rings (SSSR count). The van der Waals surface area contributed by atoms with Crippen molar-refractivity contribution in [3.05, 3.63) is 0 Å². The van der Waals surface area contributed by atoms with Crippen LogP contribution in [0.1, 0.15) is 39.5 Å². The van der Waals surface area contributed by atoms with Gasteiger partial charge in [-0.25, -0.2) is 0 Å². The molecule has 0 aromatic carbocycles. The molecule has 0 spiro atoms. The smallest absolute Gasteiger partial charge is 0.00446 e. The van der Waals surface area contributed by atoms with Crippen LogP contribution in [-0.4, -0.2) is 30.6 Å². The molecule has 1 aliphatic carbocycles. The molecule has 88 valence electrons. The van der Waals surface area contributed by atoms with Crippen molar-refractivity contribution in [2.75, 3.05) is 19.6 Å². The maximum Gasteiger partial charge on any atom is 0.00446 e. The molecular weight excluding hydrogens is 184 g/mol. The monoisotopic (exact) mass is 210 g/mol. The fourth-order valence-corrected chi connectivity index (χ4v) is 3.22. The average molecular weight is 210 g/mol. The summed E-state index contributed by atoms with van der Waals surface area (Å²) in [4.78, 5) is 2.67. The Kier molecular flexibility index (Phi) is 3.68. The van der Waals surface area contributed by atoms with Crippen molar-refractivity contribution in [2.24, 2.45) is 23.5 Å². The molecule has 2 nitrogen and oxygen atoms in total. The van der Waals surface area contributed by atoms with E-state index in [0.717, 1.165) is 17.8 Å². The average Bonchev–Trinajstić information content (AvgIpc) is 2.49. The van der Waals surface area contributed by atoms with E-state index in [1.807, 2.05) is 0 Å². The molecule has 0 aromatic rings. The molecule has 0 unspecified atom stereocenters. The normalized spacial score (nSPS) is 39.8. The lowest BCUT2D eigenvalue weighted by molar-refractivity contribution is 0.155. The number of hydrogen-bond acceptors (Lipinski definition) is 2. The summed E-state index contributed by atoms with van der Waals surface area (Å²) in [5, 5.41) is 0. The Morgan fingerprint density at radius 2 is 1.80 bits per heavy atom. The number of nitrogens with two attached hydrogens (primary N) is 1. The predicted octanol–water partition coefficient (Wildman–Crippen LogP) is 2.09. The van der Waals surface area contributed by atoms with Crippen LogP contribution in [0.2, 0.25) is 0 Å². The van der Waals surface area contributed by atoms with Crippen LogP contribution in [0.3, 0.4) is 0 Å². The number of piperidine rings is 1. The van der Waals surface area contributed by atoms with E-state index >= 15 is 0 Å². The van der Waals surface area contributed by atoms with Crippen LogP contribution in [-0.2, 0) is 0 Å². The molecule has 0 bridgehead atoms. The number of nitrogens with zero attached hydrogens (tertiary/aromatic N) is 1. The van der Waals surface area contributed by atoms with E-state index in [9.17, 15) is 0 Å². The lowest BCUT2D eigenvalue weighted by Crippen LogP contribution is -2.37. The topological polar surface area (TPSA) is 29.3 Å². The molecule has 1 saturated heterocycles. The van der Waals surface area contributed by atoms with Gasteiger partial charge in [0, 0.05) is 12.6 Å². The summed E-state index contributed by atoms with van der Waals surface area (Å²) < 4.78 is 0. The summed E-state index contributed by atoms with van der Waals surface area (Å²) in [5.41, 5.74) is 6.02. The third-order valence-electron chi connectivity index (χ3n) is 4.45. The molecule has 1 aliphatic heterocycles. The van der Waals surface area contributed by atoms with Crippen molar-refractivity contribution in [1.82, 2.24) is 4.90 Å². The van der Waals surface area contributed by atoms with Gasteiger partial charge >= 0.3 is 0 Å². The maximum atomic E-state index is 6.02. The highest BCUT2D eigenvalue weighted by atomic mass is 15.1. The molecule has 0 amide bonds. The second-order valence-electron chi connectivity index (χ2n) is 5.95. The molecule has 1 saturated carbocycles. The van der Waals surface area contributed by atoms with Gasteiger partial charge in [0.05, 0.1) is 0 Å². The molecule has 2 fully saturated rings. The Hall–Kier alpha value is -0.0800. The van der Waals surface area contributed by atoms with E-state index in [0.29, 0.717) is 6.04 Å². The molecule has 0 aromatic heterocycles. The minimum atomic E-state index is 0.480. The summed E-state index contributed by atoms with van der Waals surface area (Å²) in [6, 6.07) is 0.480. The van der Waals surface area contributed by atoms with E-state index in [1.54, 1.807) is 0 Å². The van der Waals surface area contributed by atoms with Gasteiger partial charge in [0.15, 0.2) is 0 Å². The van der Waals surface area contributed by atoms with Gasteiger partial charge in [0.1, 0.15) is 0 Å². The number of hydrogen-bond donors (Lipinski definition) is 1. The molecule has 2 heteroatoms.